The van der Waals surface area contributed by atoms with Crippen LogP contribution in [0.2, 0.25) is 0 Å². The molecule has 3 heteroatoms. The molecule has 0 rings (SSSR count). The molecular formula is C6H11NO2. The average molecular weight is 129 g/mol. The summed E-state index contributed by atoms with van der Waals surface area (Å²) in [5.74, 6) is 0. The van der Waals surface area contributed by atoms with E-state index in [1.165, 1.54) is 0 Å². The molecular weight excluding hydrogens is 118 g/mol. The predicted molar refractivity (Wildman–Crippen MR) is 34.2 cm³/mol. The van der Waals surface area contributed by atoms with E-state index in [-0.39, 0.29) is 6.04 Å². The van der Waals surface area contributed by atoms with Gasteiger partial charge in [0, 0.05) is 6.04 Å². The molecule has 0 aliphatic heterocycles. The fraction of sp³-hybridized carbons (Fsp3) is 0.667. The van der Waals surface area contributed by atoms with Crippen molar-refractivity contribution in [1.29, 1.82) is 0 Å². The molecule has 3 nitrogen and oxygen atoms in total. The second-order valence-electron chi connectivity index (χ2n) is 2.12. The molecule has 0 aliphatic carbocycles. The van der Waals surface area contributed by atoms with E-state index in [2.05, 4.69) is 5.32 Å². The minimum Gasteiger partial charge on any atom is -0.301 e. The Kier molecular flexibility index (Phi) is 3.88. The van der Waals surface area contributed by atoms with Crippen molar-refractivity contribution in [2.24, 2.45) is 0 Å². The second kappa shape index (κ2) is 4.21. The van der Waals surface area contributed by atoms with Crippen LogP contribution in [-0.4, -0.2) is 24.7 Å². The number of aldehydes is 2. The van der Waals surface area contributed by atoms with E-state index in [1.54, 1.807) is 0 Å². The van der Waals surface area contributed by atoms with Gasteiger partial charge in [-0.2, -0.15) is 0 Å². The average Bonchev–Trinajstić information content (AvgIpc) is 1.82. The highest BCUT2D eigenvalue weighted by atomic mass is 16.1. The lowest BCUT2D eigenvalue weighted by molar-refractivity contribution is -0.117. The van der Waals surface area contributed by atoms with Gasteiger partial charge >= 0.3 is 0 Å². The van der Waals surface area contributed by atoms with E-state index >= 15 is 0 Å². The van der Waals surface area contributed by atoms with Gasteiger partial charge in [0.15, 0.2) is 0 Å². The number of hydrogen-bond donors (Lipinski definition) is 1. The molecule has 0 fully saturated rings. The Hall–Kier alpha value is -0.700. The van der Waals surface area contributed by atoms with Gasteiger partial charge in [0.25, 0.3) is 0 Å². The van der Waals surface area contributed by atoms with Crippen molar-refractivity contribution in [1.82, 2.24) is 5.32 Å². The lowest BCUT2D eigenvalue weighted by Gasteiger charge is -2.07. The maximum Gasteiger partial charge on any atom is 0.144 e. The third-order valence-electron chi connectivity index (χ3n) is 0.819. The summed E-state index contributed by atoms with van der Waals surface area (Å²) in [5, 5.41) is 2.74. The summed E-state index contributed by atoms with van der Waals surface area (Å²) in [6.45, 7) is 3.75. The molecule has 0 bridgehead atoms. The monoisotopic (exact) mass is 129 g/mol. The minimum absolute atomic E-state index is 0.172. The number of rotatable bonds is 4. The Morgan fingerprint density at radius 2 is 1.67 bits per heavy atom. The number of carbonyl (C=O) groups excluding carboxylic acids is 2. The van der Waals surface area contributed by atoms with Gasteiger partial charge in [-0.3, -0.25) is 5.32 Å². The molecule has 0 saturated carbocycles. The highest BCUT2D eigenvalue weighted by molar-refractivity contribution is 5.82. The van der Waals surface area contributed by atoms with Crippen LogP contribution in [0.3, 0.4) is 0 Å². The molecule has 0 aliphatic rings. The molecule has 0 heterocycles. The smallest absolute Gasteiger partial charge is 0.144 e. The van der Waals surface area contributed by atoms with Gasteiger partial charge < -0.3 is 9.59 Å². The molecule has 0 spiro atoms. The van der Waals surface area contributed by atoms with Crippen molar-refractivity contribution >= 4 is 12.6 Å². The van der Waals surface area contributed by atoms with Gasteiger partial charge in [-0.05, 0) is 13.8 Å². The zero-order chi connectivity index (χ0) is 7.28. The van der Waals surface area contributed by atoms with Crippen LogP contribution in [0.25, 0.3) is 0 Å². The Morgan fingerprint density at radius 3 is 1.78 bits per heavy atom. The number of carbonyl (C=O) groups is 2. The molecule has 0 aromatic rings. The lowest BCUT2D eigenvalue weighted by atomic mass is 10.3. The van der Waals surface area contributed by atoms with Crippen LogP contribution in [0, 0.1) is 0 Å². The van der Waals surface area contributed by atoms with Gasteiger partial charge in [-0.15, -0.1) is 0 Å². The summed E-state index contributed by atoms with van der Waals surface area (Å²) in [6.07, 6.45) is 1.18. The fourth-order valence-electron chi connectivity index (χ4n) is 0.496. The van der Waals surface area contributed by atoms with E-state index in [4.69, 9.17) is 0 Å². The number of nitrogens with one attached hydrogen (secondary N) is 1. The first kappa shape index (κ1) is 8.30. The lowest BCUT2D eigenvalue weighted by Crippen LogP contribution is -2.36. The molecule has 0 radical (unpaired) electrons. The molecule has 0 aromatic carbocycles. The van der Waals surface area contributed by atoms with Crippen molar-refractivity contribution < 1.29 is 9.59 Å². The van der Waals surface area contributed by atoms with Crippen molar-refractivity contribution in [3.8, 4) is 0 Å². The molecule has 0 aromatic heterocycles. The van der Waals surface area contributed by atoms with Crippen LogP contribution in [0.4, 0.5) is 0 Å². The van der Waals surface area contributed by atoms with Crippen molar-refractivity contribution in [2.45, 2.75) is 25.9 Å². The van der Waals surface area contributed by atoms with Gasteiger partial charge in [-0.25, -0.2) is 0 Å². The van der Waals surface area contributed by atoms with Crippen molar-refractivity contribution in [3.63, 3.8) is 0 Å². The first-order valence-electron chi connectivity index (χ1n) is 2.87. The zero-order valence-electron chi connectivity index (χ0n) is 5.63. The minimum atomic E-state index is -0.634. The van der Waals surface area contributed by atoms with E-state index in [1.807, 2.05) is 13.8 Å². The molecule has 52 valence electrons. The maximum atomic E-state index is 9.98. The highest BCUT2D eigenvalue weighted by Gasteiger charge is 2.04. The predicted octanol–water partition coefficient (Wildman–Crippen LogP) is -0.249. The van der Waals surface area contributed by atoms with Crippen LogP contribution in [0.5, 0.6) is 0 Å². The van der Waals surface area contributed by atoms with Gasteiger partial charge in [0.05, 0.1) is 0 Å². The summed E-state index contributed by atoms with van der Waals surface area (Å²) >= 11 is 0. The Morgan fingerprint density at radius 1 is 1.22 bits per heavy atom. The van der Waals surface area contributed by atoms with E-state index in [0.717, 1.165) is 0 Å². The van der Waals surface area contributed by atoms with Crippen LogP contribution < -0.4 is 5.32 Å². The Balaban J connectivity index is 3.55. The van der Waals surface area contributed by atoms with Gasteiger partial charge in [0.2, 0.25) is 0 Å². The topological polar surface area (TPSA) is 46.2 Å². The molecule has 0 saturated heterocycles. The summed E-state index contributed by atoms with van der Waals surface area (Å²) < 4.78 is 0. The van der Waals surface area contributed by atoms with Gasteiger partial charge in [-0.1, -0.05) is 0 Å². The number of hydrogen-bond acceptors (Lipinski definition) is 3. The Labute approximate surface area is 54.4 Å². The largest absolute Gasteiger partial charge is 0.301 e. The van der Waals surface area contributed by atoms with Crippen LogP contribution >= 0.6 is 0 Å². The normalized spacial score (nSPS) is 10.2. The first-order chi connectivity index (χ1) is 4.20. The maximum absolute atomic E-state index is 9.98. The third-order valence-corrected chi connectivity index (χ3v) is 0.819. The summed E-state index contributed by atoms with van der Waals surface area (Å²) in [7, 11) is 0. The van der Waals surface area contributed by atoms with E-state index in [0.29, 0.717) is 12.6 Å². The van der Waals surface area contributed by atoms with E-state index < -0.39 is 6.04 Å². The first-order valence-corrected chi connectivity index (χ1v) is 2.87. The SMILES string of the molecule is CC(C)NC(C=O)C=O. The van der Waals surface area contributed by atoms with E-state index in [9.17, 15) is 9.59 Å². The van der Waals surface area contributed by atoms with Crippen molar-refractivity contribution in [3.05, 3.63) is 0 Å². The molecule has 0 atom stereocenters. The van der Waals surface area contributed by atoms with Gasteiger partial charge in [0.1, 0.15) is 18.6 Å². The fourth-order valence-corrected chi connectivity index (χ4v) is 0.496. The summed E-state index contributed by atoms with van der Waals surface area (Å²) in [4.78, 5) is 20.0. The highest BCUT2D eigenvalue weighted by Crippen LogP contribution is 1.78. The van der Waals surface area contributed by atoms with Crippen LogP contribution in [0.1, 0.15) is 13.8 Å². The van der Waals surface area contributed by atoms with Crippen LogP contribution in [0.15, 0.2) is 0 Å². The second-order valence-corrected chi connectivity index (χ2v) is 2.12. The molecule has 9 heavy (non-hydrogen) atoms. The summed E-state index contributed by atoms with van der Waals surface area (Å²) in [5.41, 5.74) is 0. The van der Waals surface area contributed by atoms with Crippen molar-refractivity contribution in [2.75, 3.05) is 0 Å². The Bertz CT molecular complexity index is 93.2. The zero-order valence-corrected chi connectivity index (χ0v) is 5.63. The third kappa shape index (κ3) is 3.85. The van der Waals surface area contributed by atoms with Crippen LogP contribution in [-0.2, 0) is 9.59 Å². The molecule has 0 unspecified atom stereocenters. The standard InChI is InChI=1S/C6H11NO2/c1-5(2)7-6(3-8)4-9/h3-7H,1-2H3. The quantitative estimate of drug-likeness (QED) is 0.420. The summed E-state index contributed by atoms with van der Waals surface area (Å²) in [6, 6.07) is -0.463. The molecule has 1 N–H and O–H groups in total. The molecule has 0 amide bonds.